The van der Waals surface area contributed by atoms with Gasteiger partial charge >= 0.3 is 0 Å². The van der Waals surface area contributed by atoms with Gasteiger partial charge in [-0.25, -0.2) is 10.9 Å². The number of rotatable bonds is 9. The fraction of sp³-hybridized carbons (Fsp3) is 0.294. The van der Waals surface area contributed by atoms with Crippen LogP contribution in [-0.2, 0) is 38.4 Å². The van der Waals surface area contributed by atoms with Crippen molar-refractivity contribution >= 4 is 50.7 Å². The number of thiophene rings is 1. The molecule has 4 atom stereocenters. The zero-order valence-electron chi connectivity index (χ0n) is 25.0. The Morgan fingerprint density at radius 2 is 1.78 bits per heavy atom. The Balaban J connectivity index is 1.10. The number of carbonyl (C=O) groups excluding carboxylic acids is 4. The van der Waals surface area contributed by atoms with Gasteiger partial charge in [-0.1, -0.05) is 66.7 Å². The van der Waals surface area contributed by atoms with E-state index in [9.17, 15) is 19.2 Å². The summed E-state index contributed by atoms with van der Waals surface area (Å²) < 4.78 is 1.09. The summed E-state index contributed by atoms with van der Waals surface area (Å²) in [5, 5.41) is 11.9. The lowest BCUT2D eigenvalue weighted by Crippen LogP contribution is -2.56. The van der Waals surface area contributed by atoms with Crippen LogP contribution in [0.3, 0.4) is 0 Å². The van der Waals surface area contributed by atoms with Crippen LogP contribution in [0.25, 0.3) is 10.1 Å². The maximum Gasteiger partial charge on any atom is 0.250 e. The van der Waals surface area contributed by atoms with Crippen LogP contribution in [0.5, 0.6) is 0 Å². The second kappa shape index (κ2) is 13.0. The minimum absolute atomic E-state index is 0.0127. The molecule has 4 aromatic rings. The molecule has 1 fully saturated rings. The highest BCUT2D eigenvalue weighted by Crippen LogP contribution is 2.39. The normalized spacial score (nSPS) is 21.0. The SMILES string of the molecule is O=C(Cc1csc2ccccc12)N[C@H](C(=O)N[C@H]1CCc2cccc3c2N(C1=O)[C@H](C(=O)NCC1CNNN1)C3)c1ccccc1. The topological polar surface area (TPSA) is 144 Å². The fourth-order valence-corrected chi connectivity index (χ4v) is 7.54. The van der Waals surface area contributed by atoms with Crippen molar-refractivity contribution in [2.24, 2.45) is 0 Å². The first kappa shape index (κ1) is 30.1. The van der Waals surface area contributed by atoms with Crippen LogP contribution in [0.1, 0.15) is 34.7 Å². The predicted octanol–water partition coefficient (Wildman–Crippen LogP) is 1.79. The van der Waals surface area contributed by atoms with Gasteiger partial charge in [0.15, 0.2) is 0 Å². The number of para-hydroxylation sites is 1. The van der Waals surface area contributed by atoms with Gasteiger partial charge in [0.2, 0.25) is 23.6 Å². The van der Waals surface area contributed by atoms with Crippen LogP contribution in [0.15, 0.2) is 78.2 Å². The fourth-order valence-electron chi connectivity index (χ4n) is 6.57. The lowest BCUT2D eigenvalue weighted by Gasteiger charge is -2.29. The Bertz CT molecular complexity index is 1790. The molecule has 4 heterocycles. The minimum atomic E-state index is -1.01. The third-order valence-electron chi connectivity index (χ3n) is 8.87. The molecule has 236 valence electrons. The Kier molecular flexibility index (Phi) is 8.50. The number of hydrogen-bond donors (Lipinski definition) is 6. The van der Waals surface area contributed by atoms with Gasteiger partial charge in [-0.15, -0.1) is 11.3 Å². The van der Waals surface area contributed by atoms with Crippen molar-refractivity contribution in [3.05, 3.63) is 100 Å². The van der Waals surface area contributed by atoms with E-state index in [1.165, 1.54) is 0 Å². The number of amides is 4. The van der Waals surface area contributed by atoms with E-state index in [1.54, 1.807) is 28.4 Å². The van der Waals surface area contributed by atoms with Gasteiger partial charge < -0.3 is 16.0 Å². The van der Waals surface area contributed by atoms with Gasteiger partial charge in [0.05, 0.1) is 18.2 Å². The number of hydrogen-bond acceptors (Lipinski definition) is 8. The van der Waals surface area contributed by atoms with E-state index in [0.717, 1.165) is 32.5 Å². The van der Waals surface area contributed by atoms with E-state index in [0.29, 0.717) is 37.9 Å². The van der Waals surface area contributed by atoms with Crippen LogP contribution in [0.4, 0.5) is 5.69 Å². The second-order valence-electron chi connectivity index (χ2n) is 11.9. The van der Waals surface area contributed by atoms with Gasteiger partial charge in [0.1, 0.15) is 18.1 Å². The molecule has 0 radical (unpaired) electrons. The molecule has 3 aromatic carbocycles. The predicted molar refractivity (Wildman–Crippen MR) is 176 cm³/mol. The maximum atomic E-state index is 14.2. The van der Waals surface area contributed by atoms with Crippen LogP contribution < -0.4 is 37.2 Å². The average molecular weight is 638 g/mol. The van der Waals surface area contributed by atoms with Crippen molar-refractivity contribution in [2.75, 3.05) is 18.0 Å². The molecule has 4 amide bonds. The first-order valence-corrected chi connectivity index (χ1v) is 16.4. The quantitative estimate of drug-likeness (QED) is 0.164. The van der Waals surface area contributed by atoms with Gasteiger partial charge in [0, 0.05) is 24.2 Å². The van der Waals surface area contributed by atoms with E-state index in [2.05, 4.69) is 32.3 Å². The highest BCUT2D eigenvalue weighted by Gasteiger charge is 2.44. The molecule has 1 unspecified atom stereocenters. The first-order valence-electron chi connectivity index (χ1n) is 15.5. The molecule has 0 aliphatic carbocycles. The summed E-state index contributed by atoms with van der Waals surface area (Å²) in [6.45, 7) is 1.04. The Morgan fingerprint density at radius 1 is 0.978 bits per heavy atom. The lowest BCUT2D eigenvalue weighted by atomic mass is 10.0. The Labute approximate surface area is 270 Å². The zero-order chi connectivity index (χ0) is 31.6. The number of fused-ring (bicyclic) bond motifs is 1. The highest BCUT2D eigenvalue weighted by molar-refractivity contribution is 7.17. The highest BCUT2D eigenvalue weighted by atomic mass is 32.1. The largest absolute Gasteiger partial charge is 0.353 e. The third-order valence-corrected chi connectivity index (χ3v) is 9.89. The smallest absolute Gasteiger partial charge is 0.250 e. The van der Waals surface area contributed by atoms with Crippen molar-refractivity contribution in [1.29, 1.82) is 0 Å². The molecular formula is C34H35N7O4S. The van der Waals surface area contributed by atoms with Crippen molar-refractivity contribution in [3.8, 4) is 0 Å². The number of carbonyl (C=O) groups is 4. The summed E-state index contributed by atoms with van der Waals surface area (Å²) in [4.78, 5) is 56.6. The summed E-state index contributed by atoms with van der Waals surface area (Å²) >= 11 is 1.58. The van der Waals surface area contributed by atoms with E-state index in [4.69, 9.17) is 0 Å². The molecule has 3 aliphatic heterocycles. The molecule has 1 saturated heterocycles. The average Bonchev–Trinajstić information content (AvgIpc) is 3.82. The van der Waals surface area contributed by atoms with Gasteiger partial charge in [-0.3, -0.25) is 24.1 Å². The van der Waals surface area contributed by atoms with E-state index < -0.39 is 24.0 Å². The number of nitrogens with zero attached hydrogens (tertiary/aromatic N) is 1. The molecule has 0 bridgehead atoms. The van der Waals surface area contributed by atoms with Gasteiger partial charge in [-0.05, 0) is 51.9 Å². The molecule has 11 nitrogen and oxygen atoms in total. The first-order chi connectivity index (χ1) is 22.5. The van der Waals surface area contributed by atoms with Crippen LogP contribution in [0.2, 0.25) is 0 Å². The molecule has 46 heavy (non-hydrogen) atoms. The molecular weight excluding hydrogens is 602 g/mol. The summed E-state index contributed by atoms with van der Waals surface area (Å²) in [6, 6.07) is 20.2. The van der Waals surface area contributed by atoms with E-state index in [-0.39, 0.29) is 30.2 Å². The third kappa shape index (κ3) is 5.99. The Hall–Kier alpha value is -4.62. The lowest BCUT2D eigenvalue weighted by molar-refractivity contribution is -0.132. The zero-order valence-corrected chi connectivity index (χ0v) is 25.9. The number of benzene rings is 3. The maximum absolute atomic E-state index is 14.2. The van der Waals surface area contributed by atoms with Crippen LogP contribution >= 0.6 is 11.3 Å². The summed E-state index contributed by atoms with van der Waals surface area (Å²) in [5.41, 5.74) is 13.0. The van der Waals surface area contributed by atoms with Crippen LogP contribution in [0, 0.1) is 0 Å². The molecule has 7 rings (SSSR count). The second-order valence-corrected chi connectivity index (χ2v) is 12.8. The monoisotopic (exact) mass is 637 g/mol. The van der Waals surface area contributed by atoms with Crippen molar-refractivity contribution in [1.82, 2.24) is 32.3 Å². The molecule has 3 aliphatic rings. The molecule has 12 heteroatoms. The molecule has 6 N–H and O–H groups in total. The standard InChI is InChI=1S/C34H35N7O4S/c42-29(16-23-19-46-28-12-5-4-11-25(23)28)38-30(20-7-2-1-3-8-20)33(44)37-26-14-13-21-9-6-10-22-15-27(41(31(21)22)34(26)45)32(43)35-17-24-18-36-40-39-24/h1-12,19,24,26-27,30,36,39-40H,13-18H2,(H,35,43)(H,37,44)(H,38,42)/t24?,26-,27-,30-/m0/s1. The summed E-state index contributed by atoms with van der Waals surface area (Å²) in [6.07, 6.45) is 1.44. The van der Waals surface area contributed by atoms with Gasteiger partial charge in [0.25, 0.3) is 0 Å². The van der Waals surface area contributed by atoms with E-state index >= 15 is 0 Å². The van der Waals surface area contributed by atoms with Crippen molar-refractivity contribution < 1.29 is 19.2 Å². The van der Waals surface area contributed by atoms with E-state index in [1.807, 2.05) is 66.0 Å². The number of nitrogens with one attached hydrogen (secondary N) is 6. The van der Waals surface area contributed by atoms with Crippen LogP contribution in [-0.4, -0.2) is 54.8 Å². The number of hydrazine groups is 2. The summed E-state index contributed by atoms with van der Waals surface area (Å²) in [7, 11) is 0. The number of anilines is 1. The molecule has 0 spiro atoms. The molecule has 1 aromatic heterocycles. The minimum Gasteiger partial charge on any atom is -0.353 e. The van der Waals surface area contributed by atoms with Gasteiger partial charge in [-0.2, -0.15) is 5.53 Å². The summed E-state index contributed by atoms with van der Waals surface area (Å²) in [5.74, 6) is -1.35. The number of aryl methyl sites for hydroxylation is 1. The van der Waals surface area contributed by atoms with Crippen molar-refractivity contribution in [2.45, 2.75) is 49.9 Å². The molecule has 0 saturated carbocycles. The Morgan fingerprint density at radius 3 is 2.61 bits per heavy atom. The van der Waals surface area contributed by atoms with Crippen molar-refractivity contribution in [3.63, 3.8) is 0 Å².